The van der Waals surface area contributed by atoms with Gasteiger partial charge in [0.1, 0.15) is 23.9 Å². The number of phenolic OH excluding ortho intramolecular Hbond substituents is 1. The van der Waals surface area contributed by atoms with Gasteiger partial charge in [-0.2, -0.15) is 0 Å². The van der Waals surface area contributed by atoms with Crippen LogP contribution in [-0.4, -0.2) is 82.3 Å². The minimum atomic E-state index is -1.42. The van der Waals surface area contributed by atoms with Crippen molar-refractivity contribution >= 4 is 29.7 Å². The Labute approximate surface area is 221 Å². The van der Waals surface area contributed by atoms with E-state index in [1.807, 2.05) is 0 Å². The number of aliphatic carboxylic acids is 1. The number of carboxylic acids is 1. The van der Waals surface area contributed by atoms with E-state index in [1.165, 1.54) is 12.1 Å². The van der Waals surface area contributed by atoms with Crippen LogP contribution in [0.2, 0.25) is 0 Å². The Hall–Kier alpha value is -3.91. The molecular formula is C24H39N7O7. The second kappa shape index (κ2) is 16.0. The number of amides is 3. The van der Waals surface area contributed by atoms with Crippen LogP contribution in [-0.2, 0) is 25.6 Å². The first-order chi connectivity index (χ1) is 17.9. The molecule has 1 rings (SSSR count). The van der Waals surface area contributed by atoms with E-state index in [2.05, 4.69) is 20.9 Å². The Kier molecular flexibility index (Phi) is 13.6. The fourth-order valence-electron chi connectivity index (χ4n) is 3.43. The summed E-state index contributed by atoms with van der Waals surface area (Å²) in [4.78, 5) is 53.8. The Balaban J connectivity index is 2.92. The topological polar surface area (TPSA) is 255 Å². The highest BCUT2D eigenvalue weighted by Gasteiger charge is 2.31. The molecule has 0 saturated carbocycles. The van der Waals surface area contributed by atoms with Gasteiger partial charge in [0, 0.05) is 6.54 Å². The molecule has 1 aromatic rings. The Morgan fingerprint density at radius 1 is 0.974 bits per heavy atom. The van der Waals surface area contributed by atoms with Crippen molar-refractivity contribution in [2.75, 3.05) is 13.2 Å². The molecule has 38 heavy (non-hydrogen) atoms. The zero-order valence-corrected chi connectivity index (χ0v) is 21.6. The fourth-order valence-corrected chi connectivity index (χ4v) is 3.43. The van der Waals surface area contributed by atoms with Gasteiger partial charge in [-0.15, -0.1) is 0 Å². The van der Waals surface area contributed by atoms with Crippen molar-refractivity contribution < 1.29 is 34.5 Å². The maximum absolute atomic E-state index is 12.9. The SMILES string of the molecule is CCC(C)C(NC(=O)C(CCCN=C(N)N)NC(=O)C(CO)NC(=O)C(N)Cc1ccc(O)cc1)C(=O)O. The lowest BCUT2D eigenvalue weighted by Crippen LogP contribution is -2.58. The molecule has 0 radical (unpaired) electrons. The van der Waals surface area contributed by atoms with E-state index in [4.69, 9.17) is 17.2 Å². The largest absolute Gasteiger partial charge is 0.508 e. The summed E-state index contributed by atoms with van der Waals surface area (Å²) in [5.41, 5.74) is 17.2. The molecule has 5 atom stereocenters. The number of carbonyl (C=O) groups excluding carboxylic acids is 3. The quantitative estimate of drug-likeness (QED) is 0.0630. The predicted octanol–water partition coefficient (Wildman–Crippen LogP) is -2.11. The molecule has 0 heterocycles. The maximum Gasteiger partial charge on any atom is 0.326 e. The van der Waals surface area contributed by atoms with Crippen molar-refractivity contribution in [1.29, 1.82) is 0 Å². The standard InChI is InChI=1S/C24H39N7O7/c1-3-13(2)19(23(37)38)31-21(35)17(5-4-10-28-24(26)27)29-22(36)18(12-32)30-20(34)16(25)11-14-6-8-15(33)9-7-14/h6-9,13,16-19,32-33H,3-5,10-12,25H2,1-2H3,(H,29,36)(H,30,34)(H,31,35)(H,37,38)(H4,26,27,28). The summed E-state index contributed by atoms with van der Waals surface area (Å²) < 4.78 is 0. The average Bonchev–Trinajstić information content (AvgIpc) is 2.87. The summed E-state index contributed by atoms with van der Waals surface area (Å²) in [5.74, 6) is -4.03. The summed E-state index contributed by atoms with van der Waals surface area (Å²) in [7, 11) is 0. The number of aliphatic hydroxyl groups excluding tert-OH is 1. The van der Waals surface area contributed by atoms with Crippen molar-refractivity contribution in [2.45, 2.75) is 63.7 Å². The number of aromatic hydroxyl groups is 1. The zero-order chi connectivity index (χ0) is 28.8. The van der Waals surface area contributed by atoms with Crippen LogP contribution in [0.15, 0.2) is 29.3 Å². The number of rotatable bonds is 16. The van der Waals surface area contributed by atoms with Crippen LogP contribution < -0.4 is 33.2 Å². The second-order valence-electron chi connectivity index (χ2n) is 8.94. The molecule has 14 nitrogen and oxygen atoms in total. The second-order valence-corrected chi connectivity index (χ2v) is 8.94. The van der Waals surface area contributed by atoms with Gasteiger partial charge in [-0.3, -0.25) is 19.4 Å². The smallest absolute Gasteiger partial charge is 0.326 e. The molecule has 0 spiro atoms. The summed E-state index contributed by atoms with van der Waals surface area (Å²) in [6.07, 6.45) is 0.911. The normalized spacial score (nSPS) is 14.7. The highest BCUT2D eigenvalue weighted by atomic mass is 16.4. The van der Waals surface area contributed by atoms with Crippen molar-refractivity contribution in [1.82, 2.24) is 16.0 Å². The molecular weight excluding hydrogens is 498 g/mol. The minimum absolute atomic E-state index is 0.0493. The zero-order valence-electron chi connectivity index (χ0n) is 21.6. The lowest BCUT2D eigenvalue weighted by atomic mass is 9.98. The number of aliphatic imine (C=N–C) groups is 1. The van der Waals surface area contributed by atoms with Gasteiger partial charge in [-0.25, -0.2) is 4.79 Å². The molecule has 0 aliphatic rings. The summed E-state index contributed by atoms with van der Waals surface area (Å²) in [6, 6.07) is 1.20. The van der Waals surface area contributed by atoms with Crippen LogP contribution >= 0.6 is 0 Å². The summed E-state index contributed by atoms with van der Waals surface area (Å²) in [5, 5.41) is 35.9. The molecule has 5 unspecified atom stereocenters. The highest BCUT2D eigenvalue weighted by Crippen LogP contribution is 2.11. The lowest BCUT2D eigenvalue weighted by molar-refractivity contribution is -0.144. The third kappa shape index (κ3) is 11.0. The van der Waals surface area contributed by atoms with Gasteiger partial charge < -0.3 is 48.5 Å². The molecule has 212 valence electrons. The number of phenols is 1. The number of hydrogen-bond acceptors (Lipinski definition) is 8. The van der Waals surface area contributed by atoms with Gasteiger partial charge in [0.05, 0.1) is 12.6 Å². The van der Waals surface area contributed by atoms with Crippen molar-refractivity contribution in [3.63, 3.8) is 0 Å². The van der Waals surface area contributed by atoms with Crippen LogP contribution in [0.1, 0.15) is 38.7 Å². The summed E-state index contributed by atoms with van der Waals surface area (Å²) >= 11 is 0. The maximum atomic E-state index is 12.9. The van der Waals surface area contributed by atoms with Gasteiger partial charge >= 0.3 is 5.97 Å². The Morgan fingerprint density at radius 3 is 2.08 bits per heavy atom. The van der Waals surface area contributed by atoms with Crippen molar-refractivity contribution in [3.8, 4) is 5.75 Å². The van der Waals surface area contributed by atoms with Crippen LogP contribution in [0.4, 0.5) is 0 Å². The fraction of sp³-hybridized carbons (Fsp3) is 0.542. The molecule has 3 amide bonds. The molecule has 0 aromatic heterocycles. The first-order valence-corrected chi connectivity index (χ1v) is 12.2. The van der Waals surface area contributed by atoms with E-state index in [0.717, 1.165) is 0 Å². The average molecular weight is 538 g/mol. The molecule has 0 aliphatic heterocycles. The Bertz CT molecular complexity index is 967. The molecule has 12 N–H and O–H groups in total. The van der Waals surface area contributed by atoms with E-state index < -0.39 is 54.5 Å². The van der Waals surface area contributed by atoms with Gasteiger partial charge in [0.25, 0.3) is 0 Å². The van der Waals surface area contributed by atoms with Gasteiger partial charge in [0.15, 0.2) is 5.96 Å². The number of benzene rings is 1. The van der Waals surface area contributed by atoms with Crippen LogP contribution in [0.5, 0.6) is 5.75 Å². The molecule has 0 saturated heterocycles. The van der Waals surface area contributed by atoms with E-state index in [-0.39, 0.29) is 43.4 Å². The van der Waals surface area contributed by atoms with E-state index in [0.29, 0.717) is 12.0 Å². The van der Waals surface area contributed by atoms with Gasteiger partial charge in [-0.05, 0) is 42.9 Å². The van der Waals surface area contributed by atoms with E-state index in [1.54, 1.807) is 26.0 Å². The number of aliphatic hydroxyl groups is 1. The predicted molar refractivity (Wildman–Crippen MR) is 140 cm³/mol. The number of guanidine groups is 1. The third-order valence-electron chi connectivity index (χ3n) is 5.90. The molecule has 0 fully saturated rings. The molecule has 0 bridgehead atoms. The monoisotopic (exact) mass is 537 g/mol. The van der Waals surface area contributed by atoms with Gasteiger partial charge in [-0.1, -0.05) is 32.4 Å². The van der Waals surface area contributed by atoms with E-state index >= 15 is 0 Å². The van der Waals surface area contributed by atoms with Crippen molar-refractivity contribution in [3.05, 3.63) is 29.8 Å². The first-order valence-electron chi connectivity index (χ1n) is 12.2. The molecule has 14 heteroatoms. The third-order valence-corrected chi connectivity index (χ3v) is 5.90. The number of nitrogens with two attached hydrogens (primary N) is 3. The Morgan fingerprint density at radius 2 is 1.55 bits per heavy atom. The first kappa shape index (κ1) is 32.1. The number of hydrogen-bond donors (Lipinski definition) is 9. The van der Waals surface area contributed by atoms with Crippen LogP contribution in [0.3, 0.4) is 0 Å². The molecule has 0 aliphatic carbocycles. The number of carboxylic acid groups (broad SMARTS) is 1. The van der Waals surface area contributed by atoms with E-state index in [9.17, 15) is 34.5 Å². The van der Waals surface area contributed by atoms with Gasteiger partial charge in [0.2, 0.25) is 17.7 Å². The highest BCUT2D eigenvalue weighted by molar-refractivity contribution is 5.94. The number of carbonyl (C=O) groups is 4. The summed E-state index contributed by atoms with van der Waals surface area (Å²) in [6.45, 7) is 2.82. The van der Waals surface area contributed by atoms with Crippen LogP contribution in [0.25, 0.3) is 0 Å². The van der Waals surface area contributed by atoms with Crippen LogP contribution in [0, 0.1) is 5.92 Å². The minimum Gasteiger partial charge on any atom is -0.508 e. The number of nitrogens with one attached hydrogen (secondary N) is 3. The number of nitrogens with zero attached hydrogens (tertiary/aromatic N) is 1. The lowest BCUT2D eigenvalue weighted by Gasteiger charge is -2.26. The molecule has 1 aromatic carbocycles. The van der Waals surface area contributed by atoms with Crippen molar-refractivity contribution in [2.24, 2.45) is 28.1 Å².